The molecule has 1 aromatic carbocycles. The monoisotopic (exact) mass is 253 g/mol. The summed E-state index contributed by atoms with van der Waals surface area (Å²) in [5, 5.41) is 8.76. The zero-order valence-electron chi connectivity index (χ0n) is 9.77. The fourth-order valence-corrected chi connectivity index (χ4v) is 2.65. The molecular formula is C11H15N3O2S. The number of benzene rings is 1. The number of hydrogen-bond acceptors (Lipinski definition) is 4. The summed E-state index contributed by atoms with van der Waals surface area (Å²) in [6, 6.07) is 6.05. The van der Waals surface area contributed by atoms with E-state index in [9.17, 15) is 8.42 Å². The lowest BCUT2D eigenvalue weighted by Gasteiger charge is -2.12. The summed E-state index contributed by atoms with van der Waals surface area (Å²) in [5.41, 5.74) is 6.47. The van der Waals surface area contributed by atoms with E-state index in [4.69, 9.17) is 11.0 Å². The van der Waals surface area contributed by atoms with Crippen LogP contribution in [0.2, 0.25) is 0 Å². The minimum absolute atomic E-state index is 0.147. The van der Waals surface area contributed by atoms with Crippen molar-refractivity contribution in [3.63, 3.8) is 0 Å². The molecule has 6 heteroatoms. The van der Waals surface area contributed by atoms with Crippen molar-refractivity contribution in [2.75, 3.05) is 6.54 Å². The molecule has 17 heavy (non-hydrogen) atoms. The Morgan fingerprint density at radius 2 is 2.18 bits per heavy atom. The highest BCUT2D eigenvalue weighted by Crippen LogP contribution is 2.14. The summed E-state index contributed by atoms with van der Waals surface area (Å²) in [4.78, 5) is 0.147. The standard InChI is InChI=1S/C11H15N3O2S/c1-8-5-11(4-3-10(8)7-13)17(15,16)14-9(2)6-12/h3-5,9,14H,6,12H2,1-2H3. The van der Waals surface area contributed by atoms with Crippen LogP contribution in [0.4, 0.5) is 0 Å². The lowest BCUT2D eigenvalue weighted by atomic mass is 10.1. The Morgan fingerprint density at radius 3 is 2.65 bits per heavy atom. The molecule has 0 amide bonds. The van der Waals surface area contributed by atoms with E-state index in [-0.39, 0.29) is 17.5 Å². The smallest absolute Gasteiger partial charge is 0.240 e. The van der Waals surface area contributed by atoms with Gasteiger partial charge < -0.3 is 5.73 Å². The van der Waals surface area contributed by atoms with Crippen molar-refractivity contribution < 1.29 is 8.42 Å². The maximum Gasteiger partial charge on any atom is 0.240 e. The van der Waals surface area contributed by atoms with Crippen LogP contribution in [0.25, 0.3) is 0 Å². The molecule has 1 rings (SSSR count). The number of sulfonamides is 1. The number of aryl methyl sites for hydroxylation is 1. The van der Waals surface area contributed by atoms with E-state index in [1.54, 1.807) is 13.8 Å². The third-order valence-electron chi connectivity index (χ3n) is 2.34. The van der Waals surface area contributed by atoms with Crippen LogP contribution in [0, 0.1) is 18.3 Å². The van der Waals surface area contributed by atoms with Crippen LogP contribution >= 0.6 is 0 Å². The molecule has 5 nitrogen and oxygen atoms in total. The molecule has 0 aliphatic rings. The fourth-order valence-electron chi connectivity index (χ4n) is 1.31. The van der Waals surface area contributed by atoms with Crippen molar-refractivity contribution in [3.05, 3.63) is 29.3 Å². The molecule has 0 radical (unpaired) electrons. The number of rotatable bonds is 4. The molecule has 0 spiro atoms. The number of nitrogens with two attached hydrogens (primary N) is 1. The van der Waals surface area contributed by atoms with E-state index in [1.807, 2.05) is 6.07 Å². The van der Waals surface area contributed by atoms with E-state index < -0.39 is 10.0 Å². The molecule has 1 unspecified atom stereocenters. The Hall–Kier alpha value is -1.42. The number of nitrogens with zero attached hydrogens (tertiary/aromatic N) is 1. The summed E-state index contributed by atoms with van der Waals surface area (Å²) < 4.78 is 26.3. The van der Waals surface area contributed by atoms with Gasteiger partial charge in [-0.3, -0.25) is 0 Å². The maximum absolute atomic E-state index is 11.9. The lowest BCUT2D eigenvalue weighted by Crippen LogP contribution is -2.37. The highest BCUT2D eigenvalue weighted by atomic mass is 32.2. The van der Waals surface area contributed by atoms with Gasteiger partial charge in [-0.25, -0.2) is 13.1 Å². The zero-order valence-corrected chi connectivity index (χ0v) is 10.6. The van der Waals surface area contributed by atoms with Gasteiger partial charge in [0.05, 0.1) is 16.5 Å². The quantitative estimate of drug-likeness (QED) is 0.816. The second kappa shape index (κ2) is 5.27. The third kappa shape index (κ3) is 3.27. The Kier molecular flexibility index (Phi) is 4.23. The average Bonchev–Trinajstić information content (AvgIpc) is 2.28. The molecule has 0 aliphatic carbocycles. The molecule has 0 heterocycles. The summed E-state index contributed by atoms with van der Waals surface area (Å²) in [7, 11) is -3.56. The third-order valence-corrected chi connectivity index (χ3v) is 3.93. The van der Waals surface area contributed by atoms with Crippen LogP contribution in [-0.2, 0) is 10.0 Å². The summed E-state index contributed by atoms with van der Waals surface area (Å²) in [5.74, 6) is 0. The molecule has 0 bridgehead atoms. The Labute approximate surface area is 101 Å². The SMILES string of the molecule is Cc1cc(S(=O)(=O)NC(C)CN)ccc1C#N. The molecule has 1 atom stereocenters. The van der Waals surface area contributed by atoms with Crippen molar-refractivity contribution in [2.45, 2.75) is 24.8 Å². The molecule has 92 valence electrons. The van der Waals surface area contributed by atoms with Gasteiger partial charge in [-0.1, -0.05) is 0 Å². The van der Waals surface area contributed by atoms with Gasteiger partial charge in [-0.15, -0.1) is 0 Å². The maximum atomic E-state index is 11.9. The predicted molar refractivity (Wildman–Crippen MR) is 64.7 cm³/mol. The van der Waals surface area contributed by atoms with Crippen LogP contribution in [0.1, 0.15) is 18.1 Å². The summed E-state index contributed by atoms with van der Waals surface area (Å²) in [6.07, 6.45) is 0. The largest absolute Gasteiger partial charge is 0.329 e. The van der Waals surface area contributed by atoms with Crippen molar-refractivity contribution in [3.8, 4) is 6.07 Å². The molecule has 0 fully saturated rings. The van der Waals surface area contributed by atoms with Gasteiger partial charge in [0.25, 0.3) is 0 Å². The van der Waals surface area contributed by atoms with E-state index >= 15 is 0 Å². The van der Waals surface area contributed by atoms with Crippen molar-refractivity contribution >= 4 is 10.0 Å². The second-order valence-electron chi connectivity index (χ2n) is 3.85. The minimum Gasteiger partial charge on any atom is -0.329 e. The normalized spacial score (nSPS) is 13.1. The van der Waals surface area contributed by atoms with Gasteiger partial charge in [-0.2, -0.15) is 5.26 Å². The van der Waals surface area contributed by atoms with Crippen molar-refractivity contribution in [1.29, 1.82) is 5.26 Å². The van der Waals surface area contributed by atoms with Crippen molar-refractivity contribution in [2.24, 2.45) is 5.73 Å². The van der Waals surface area contributed by atoms with Crippen LogP contribution in [0.3, 0.4) is 0 Å². The van der Waals surface area contributed by atoms with Gasteiger partial charge in [0.2, 0.25) is 10.0 Å². The van der Waals surface area contributed by atoms with Crippen LogP contribution < -0.4 is 10.5 Å². The van der Waals surface area contributed by atoms with Gasteiger partial charge >= 0.3 is 0 Å². The van der Waals surface area contributed by atoms with Gasteiger partial charge in [0, 0.05) is 12.6 Å². The van der Waals surface area contributed by atoms with Crippen molar-refractivity contribution in [1.82, 2.24) is 4.72 Å². The Morgan fingerprint density at radius 1 is 1.53 bits per heavy atom. The molecule has 0 aromatic heterocycles. The topological polar surface area (TPSA) is 96.0 Å². The molecule has 0 aliphatic heterocycles. The summed E-state index contributed by atoms with van der Waals surface area (Å²) >= 11 is 0. The van der Waals surface area contributed by atoms with Crippen LogP contribution in [0.5, 0.6) is 0 Å². The first kappa shape index (κ1) is 13.6. The van der Waals surface area contributed by atoms with E-state index in [0.717, 1.165) is 0 Å². The number of nitriles is 1. The van der Waals surface area contributed by atoms with E-state index in [2.05, 4.69) is 4.72 Å². The fraction of sp³-hybridized carbons (Fsp3) is 0.364. The molecule has 0 saturated carbocycles. The van der Waals surface area contributed by atoms with Gasteiger partial charge in [0.1, 0.15) is 0 Å². The first-order valence-corrected chi connectivity index (χ1v) is 6.62. The van der Waals surface area contributed by atoms with E-state index in [1.165, 1.54) is 18.2 Å². The van der Waals surface area contributed by atoms with E-state index in [0.29, 0.717) is 11.1 Å². The Bertz CT molecular complexity index is 546. The van der Waals surface area contributed by atoms with Crippen LogP contribution in [0.15, 0.2) is 23.1 Å². The molecular weight excluding hydrogens is 238 g/mol. The average molecular weight is 253 g/mol. The second-order valence-corrected chi connectivity index (χ2v) is 5.56. The number of nitrogens with one attached hydrogen (secondary N) is 1. The Balaban J connectivity index is 3.09. The minimum atomic E-state index is -3.56. The highest BCUT2D eigenvalue weighted by molar-refractivity contribution is 7.89. The lowest BCUT2D eigenvalue weighted by molar-refractivity contribution is 0.562. The first-order chi connectivity index (χ1) is 7.90. The first-order valence-electron chi connectivity index (χ1n) is 5.14. The molecule has 1 aromatic rings. The predicted octanol–water partition coefficient (Wildman–Crippen LogP) is 0.492. The van der Waals surface area contributed by atoms with Gasteiger partial charge in [-0.05, 0) is 37.6 Å². The highest BCUT2D eigenvalue weighted by Gasteiger charge is 2.17. The summed E-state index contributed by atoms with van der Waals surface area (Å²) in [6.45, 7) is 3.62. The van der Waals surface area contributed by atoms with Crippen LogP contribution in [-0.4, -0.2) is 21.0 Å². The number of hydrogen-bond donors (Lipinski definition) is 2. The van der Waals surface area contributed by atoms with Gasteiger partial charge in [0.15, 0.2) is 0 Å². The zero-order chi connectivity index (χ0) is 13.1. The molecule has 3 N–H and O–H groups in total. The molecule has 0 saturated heterocycles.